The zero-order valence-corrected chi connectivity index (χ0v) is 12.6. The third kappa shape index (κ3) is 3.05. The van der Waals surface area contributed by atoms with Crippen LogP contribution in [-0.2, 0) is 12.4 Å². The van der Waals surface area contributed by atoms with Crippen molar-refractivity contribution in [3.8, 4) is 6.07 Å². The van der Waals surface area contributed by atoms with Gasteiger partial charge in [-0.3, -0.25) is 0 Å². The molecule has 0 aliphatic rings. The maximum atomic E-state index is 9.01. The molecular weight excluding hydrogens is 278 g/mol. The zero-order chi connectivity index (χ0) is 13.8. The summed E-state index contributed by atoms with van der Waals surface area (Å²) in [7, 11) is 0. The first kappa shape index (κ1) is 14.2. The quantitative estimate of drug-likeness (QED) is 0.790. The summed E-state index contributed by atoms with van der Waals surface area (Å²) in [5.41, 5.74) is 2.57. The van der Waals surface area contributed by atoms with E-state index in [9.17, 15) is 0 Å². The van der Waals surface area contributed by atoms with Gasteiger partial charge in [-0.25, -0.2) is 4.98 Å². The summed E-state index contributed by atoms with van der Waals surface area (Å²) in [5.74, 6) is 2.90. The van der Waals surface area contributed by atoms with Gasteiger partial charge in [0.05, 0.1) is 28.5 Å². The van der Waals surface area contributed by atoms with Gasteiger partial charge in [0.25, 0.3) is 0 Å². The van der Waals surface area contributed by atoms with Gasteiger partial charge in [-0.15, -0.1) is 11.6 Å². The van der Waals surface area contributed by atoms with Crippen molar-refractivity contribution < 1.29 is 0 Å². The number of nitrogens with zero attached hydrogens (tertiary/aromatic N) is 3. The lowest BCUT2D eigenvalue weighted by Crippen LogP contribution is -2.12. The fourth-order valence-electron chi connectivity index (χ4n) is 2.20. The van der Waals surface area contributed by atoms with Gasteiger partial charge in [-0.05, 0) is 36.1 Å². The molecule has 0 spiro atoms. The fourth-order valence-corrected chi connectivity index (χ4v) is 3.08. The monoisotopic (exact) mass is 293 g/mol. The number of aromatic nitrogens is 2. The van der Waals surface area contributed by atoms with E-state index in [0.29, 0.717) is 17.4 Å². The molecule has 1 aromatic heterocycles. The minimum Gasteiger partial charge on any atom is -0.327 e. The third-order valence-electron chi connectivity index (χ3n) is 3.02. The highest BCUT2D eigenvalue weighted by Crippen LogP contribution is 2.21. The molecule has 2 rings (SSSR count). The van der Waals surface area contributed by atoms with E-state index in [1.807, 2.05) is 23.9 Å². The van der Waals surface area contributed by atoms with Gasteiger partial charge in [-0.2, -0.15) is 17.0 Å². The minimum atomic E-state index is 0.391. The van der Waals surface area contributed by atoms with E-state index in [1.54, 1.807) is 6.07 Å². The number of benzene rings is 1. The number of thioether (sulfide) groups is 1. The number of rotatable bonds is 5. The van der Waals surface area contributed by atoms with E-state index in [1.165, 1.54) is 0 Å². The Kier molecular flexibility index (Phi) is 4.73. The lowest BCUT2D eigenvalue weighted by atomic mass is 10.2. The number of alkyl halides is 1. The molecule has 19 heavy (non-hydrogen) atoms. The number of nitriles is 1. The van der Waals surface area contributed by atoms with Crippen LogP contribution >= 0.6 is 23.4 Å². The Labute approximate surface area is 122 Å². The Hall–Kier alpha value is -1.18. The standard InChI is InChI=1S/C14H16ClN3S/c1-10(9-19-2)8-18-13-5-11(7-16)3-4-12(13)17-14(18)6-15/h3-5,10H,6,8-9H2,1-2H3. The highest BCUT2D eigenvalue weighted by molar-refractivity contribution is 7.98. The second-order valence-electron chi connectivity index (χ2n) is 4.65. The molecule has 0 aliphatic carbocycles. The van der Waals surface area contributed by atoms with Crippen LogP contribution in [0.2, 0.25) is 0 Å². The summed E-state index contributed by atoms with van der Waals surface area (Å²) >= 11 is 7.82. The predicted molar refractivity (Wildman–Crippen MR) is 81.6 cm³/mol. The number of hydrogen-bond donors (Lipinski definition) is 0. The first-order chi connectivity index (χ1) is 9.19. The van der Waals surface area contributed by atoms with Gasteiger partial charge in [0.1, 0.15) is 5.82 Å². The van der Waals surface area contributed by atoms with Crippen molar-refractivity contribution >= 4 is 34.4 Å². The average Bonchev–Trinajstić information content (AvgIpc) is 2.76. The van der Waals surface area contributed by atoms with Crippen molar-refractivity contribution in [2.45, 2.75) is 19.3 Å². The lowest BCUT2D eigenvalue weighted by molar-refractivity contribution is 0.530. The smallest absolute Gasteiger partial charge is 0.124 e. The van der Waals surface area contributed by atoms with Crippen molar-refractivity contribution in [1.82, 2.24) is 9.55 Å². The van der Waals surface area contributed by atoms with Gasteiger partial charge >= 0.3 is 0 Å². The van der Waals surface area contributed by atoms with E-state index in [-0.39, 0.29) is 0 Å². The van der Waals surface area contributed by atoms with Crippen molar-refractivity contribution in [1.29, 1.82) is 5.26 Å². The number of halogens is 1. The molecule has 1 unspecified atom stereocenters. The normalized spacial score (nSPS) is 12.5. The molecule has 0 bridgehead atoms. The molecule has 0 saturated heterocycles. The Balaban J connectivity index is 2.46. The van der Waals surface area contributed by atoms with Crippen molar-refractivity contribution in [3.63, 3.8) is 0 Å². The molecule has 0 fully saturated rings. The first-order valence-corrected chi connectivity index (χ1v) is 8.06. The molecule has 1 heterocycles. The first-order valence-electron chi connectivity index (χ1n) is 6.13. The number of imidazole rings is 1. The maximum Gasteiger partial charge on any atom is 0.124 e. The van der Waals surface area contributed by atoms with Gasteiger partial charge in [0.2, 0.25) is 0 Å². The Bertz CT molecular complexity index is 615. The van der Waals surface area contributed by atoms with Crippen LogP contribution in [0.15, 0.2) is 18.2 Å². The molecule has 2 aromatic rings. The minimum absolute atomic E-state index is 0.391. The number of fused-ring (bicyclic) bond motifs is 1. The highest BCUT2D eigenvalue weighted by Gasteiger charge is 2.13. The summed E-state index contributed by atoms with van der Waals surface area (Å²) in [4.78, 5) is 4.53. The molecule has 1 aromatic carbocycles. The summed E-state index contributed by atoms with van der Waals surface area (Å²) < 4.78 is 2.14. The van der Waals surface area contributed by atoms with Crippen LogP contribution in [0, 0.1) is 17.2 Å². The summed E-state index contributed by atoms with van der Waals surface area (Å²) in [6.45, 7) is 3.10. The topological polar surface area (TPSA) is 41.6 Å². The highest BCUT2D eigenvalue weighted by atomic mass is 35.5. The van der Waals surface area contributed by atoms with Gasteiger partial charge in [0.15, 0.2) is 0 Å². The summed E-state index contributed by atoms with van der Waals surface area (Å²) in [6.07, 6.45) is 2.11. The van der Waals surface area contributed by atoms with Crippen LogP contribution in [0.3, 0.4) is 0 Å². The largest absolute Gasteiger partial charge is 0.327 e. The van der Waals surface area contributed by atoms with Crippen LogP contribution in [0.5, 0.6) is 0 Å². The van der Waals surface area contributed by atoms with Crippen LogP contribution < -0.4 is 0 Å². The second-order valence-corrected chi connectivity index (χ2v) is 5.83. The molecule has 0 radical (unpaired) electrons. The molecule has 0 aliphatic heterocycles. The van der Waals surface area contributed by atoms with Crippen LogP contribution in [0.4, 0.5) is 0 Å². The van der Waals surface area contributed by atoms with Gasteiger partial charge < -0.3 is 4.57 Å². The Morgan fingerprint density at radius 2 is 2.32 bits per heavy atom. The SMILES string of the molecule is CSCC(C)Cn1c(CCl)nc2ccc(C#N)cc21. The van der Waals surface area contributed by atoms with Crippen LogP contribution in [0.1, 0.15) is 18.3 Å². The molecule has 3 nitrogen and oxygen atoms in total. The Morgan fingerprint density at radius 3 is 2.95 bits per heavy atom. The van der Waals surface area contributed by atoms with Crippen molar-refractivity contribution in [2.75, 3.05) is 12.0 Å². The molecule has 1 atom stereocenters. The molecule has 5 heteroatoms. The molecule has 0 N–H and O–H groups in total. The van der Waals surface area contributed by atoms with Crippen molar-refractivity contribution in [3.05, 3.63) is 29.6 Å². The van der Waals surface area contributed by atoms with Gasteiger partial charge in [-0.1, -0.05) is 6.92 Å². The summed E-state index contributed by atoms with van der Waals surface area (Å²) in [5, 5.41) is 9.01. The second kappa shape index (κ2) is 6.31. The van der Waals surface area contributed by atoms with E-state index in [2.05, 4.69) is 28.8 Å². The molecular formula is C14H16ClN3S. The molecule has 0 amide bonds. The third-order valence-corrected chi connectivity index (χ3v) is 4.16. The van der Waals surface area contributed by atoms with Crippen LogP contribution in [0.25, 0.3) is 11.0 Å². The van der Waals surface area contributed by atoms with Crippen molar-refractivity contribution in [2.24, 2.45) is 5.92 Å². The molecule has 100 valence electrons. The van der Waals surface area contributed by atoms with E-state index in [0.717, 1.165) is 29.2 Å². The Morgan fingerprint density at radius 1 is 1.53 bits per heavy atom. The number of hydrogen-bond acceptors (Lipinski definition) is 3. The molecule has 0 saturated carbocycles. The average molecular weight is 294 g/mol. The fraction of sp³-hybridized carbons (Fsp3) is 0.429. The van der Waals surface area contributed by atoms with Gasteiger partial charge in [0, 0.05) is 6.54 Å². The predicted octanol–water partition coefficient (Wildman–Crippen LogP) is 3.65. The van der Waals surface area contributed by atoms with Crippen LogP contribution in [-0.4, -0.2) is 21.6 Å². The maximum absolute atomic E-state index is 9.01. The van der Waals surface area contributed by atoms with E-state index >= 15 is 0 Å². The summed E-state index contributed by atoms with van der Waals surface area (Å²) in [6, 6.07) is 7.75. The van der Waals surface area contributed by atoms with E-state index in [4.69, 9.17) is 16.9 Å². The lowest BCUT2D eigenvalue weighted by Gasteiger charge is -2.13. The zero-order valence-electron chi connectivity index (χ0n) is 11.1. The van der Waals surface area contributed by atoms with E-state index < -0.39 is 0 Å².